The van der Waals surface area contributed by atoms with Crippen molar-refractivity contribution in [2.45, 2.75) is 38.5 Å². The molecule has 0 aliphatic carbocycles. The third-order valence-electron chi connectivity index (χ3n) is 2.86. The van der Waals surface area contributed by atoms with E-state index in [0.29, 0.717) is 12.8 Å². The lowest BCUT2D eigenvalue weighted by Crippen LogP contribution is -2.62. The largest absolute Gasteiger partial charge is 0.415 e. The lowest BCUT2D eigenvalue weighted by Gasteiger charge is -2.50. The average Bonchev–Trinajstić information content (AvgIpc) is 2.18. The number of halogens is 3. The van der Waals surface area contributed by atoms with Crippen LogP contribution in [0.25, 0.3) is 0 Å². The Balaban J connectivity index is 2.21. The summed E-state index contributed by atoms with van der Waals surface area (Å²) in [5, 5.41) is 0. The third-order valence-corrected chi connectivity index (χ3v) is 2.86. The van der Waals surface area contributed by atoms with Crippen molar-refractivity contribution in [3.05, 3.63) is 0 Å². The topological polar surface area (TPSA) is 27.7 Å². The van der Waals surface area contributed by atoms with Crippen molar-refractivity contribution < 1.29 is 27.4 Å². The van der Waals surface area contributed by atoms with Crippen LogP contribution in [0.2, 0.25) is 0 Å². The zero-order chi connectivity index (χ0) is 11.1. The average molecular weight is 226 g/mol. The molecule has 2 bridgehead atoms. The SMILES string of the molecule is CCCC12COC(OC1)OC2C(F)(F)F. The van der Waals surface area contributed by atoms with Crippen LogP contribution >= 0.6 is 0 Å². The summed E-state index contributed by atoms with van der Waals surface area (Å²) in [4.78, 5) is 0. The van der Waals surface area contributed by atoms with E-state index in [1.165, 1.54) is 0 Å². The van der Waals surface area contributed by atoms with E-state index in [9.17, 15) is 13.2 Å². The van der Waals surface area contributed by atoms with E-state index in [1.807, 2.05) is 6.92 Å². The molecule has 0 aromatic carbocycles. The van der Waals surface area contributed by atoms with Gasteiger partial charge in [0.05, 0.1) is 18.6 Å². The summed E-state index contributed by atoms with van der Waals surface area (Å²) in [6.45, 7) is 0.823. The van der Waals surface area contributed by atoms with Gasteiger partial charge in [-0.05, 0) is 6.42 Å². The summed E-state index contributed by atoms with van der Waals surface area (Å²) in [7, 11) is 0. The fourth-order valence-electron chi connectivity index (χ4n) is 2.24. The molecule has 3 aliphatic rings. The first-order valence-electron chi connectivity index (χ1n) is 4.93. The minimum Gasteiger partial charge on any atom is -0.329 e. The minimum atomic E-state index is -4.35. The molecule has 3 saturated heterocycles. The lowest BCUT2D eigenvalue weighted by atomic mass is 9.77. The van der Waals surface area contributed by atoms with Gasteiger partial charge in [-0.3, -0.25) is 0 Å². The van der Waals surface area contributed by atoms with Gasteiger partial charge in [-0.2, -0.15) is 13.2 Å². The highest BCUT2D eigenvalue weighted by molar-refractivity contribution is 4.95. The first-order valence-corrected chi connectivity index (χ1v) is 4.93. The summed E-state index contributed by atoms with van der Waals surface area (Å²) in [6, 6.07) is 0. The Morgan fingerprint density at radius 2 is 1.87 bits per heavy atom. The number of fused-ring (bicyclic) bond motifs is 3. The fourth-order valence-corrected chi connectivity index (χ4v) is 2.24. The number of hydrogen-bond donors (Lipinski definition) is 0. The molecule has 3 fully saturated rings. The van der Waals surface area contributed by atoms with Crippen molar-refractivity contribution in [3.63, 3.8) is 0 Å². The van der Waals surface area contributed by atoms with Crippen molar-refractivity contribution in [3.8, 4) is 0 Å². The van der Waals surface area contributed by atoms with Gasteiger partial charge in [-0.1, -0.05) is 13.3 Å². The van der Waals surface area contributed by atoms with Gasteiger partial charge in [0.1, 0.15) is 0 Å². The zero-order valence-corrected chi connectivity index (χ0v) is 8.34. The molecule has 88 valence electrons. The number of alkyl halides is 3. The Morgan fingerprint density at radius 3 is 2.33 bits per heavy atom. The van der Waals surface area contributed by atoms with Gasteiger partial charge < -0.3 is 14.2 Å². The van der Waals surface area contributed by atoms with Gasteiger partial charge in [-0.25, -0.2) is 0 Å². The molecule has 0 radical (unpaired) electrons. The molecule has 0 saturated carbocycles. The van der Waals surface area contributed by atoms with E-state index in [-0.39, 0.29) is 13.2 Å². The van der Waals surface area contributed by atoms with Crippen LogP contribution < -0.4 is 0 Å². The molecule has 3 rings (SSSR count). The Hall–Kier alpha value is -0.330. The second-order valence-electron chi connectivity index (χ2n) is 4.08. The van der Waals surface area contributed by atoms with Gasteiger partial charge in [0.25, 0.3) is 6.48 Å². The fraction of sp³-hybridized carbons (Fsp3) is 1.00. The van der Waals surface area contributed by atoms with Crippen LogP contribution in [0.15, 0.2) is 0 Å². The van der Waals surface area contributed by atoms with Gasteiger partial charge in [0.15, 0.2) is 6.10 Å². The van der Waals surface area contributed by atoms with Gasteiger partial charge >= 0.3 is 6.18 Å². The molecule has 0 aromatic rings. The van der Waals surface area contributed by atoms with E-state index in [0.717, 1.165) is 0 Å². The van der Waals surface area contributed by atoms with Gasteiger partial charge in [0, 0.05) is 0 Å². The van der Waals surface area contributed by atoms with Crippen LogP contribution in [-0.4, -0.2) is 32.0 Å². The maximum atomic E-state index is 12.7. The van der Waals surface area contributed by atoms with Crippen LogP contribution in [0, 0.1) is 5.41 Å². The second kappa shape index (κ2) is 3.61. The van der Waals surface area contributed by atoms with E-state index < -0.39 is 24.2 Å². The summed E-state index contributed by atoms with van der Waals surface area (Å²) in [6.07, 6.45) is -5.06. The van der Waals surface area contributed by atoms with Crippen LogP contribution in [0.1, 0.15) is 19.8 Å². The number of rotatable bonds is 2. The van der Waals surface area contributed by atoms with Gasteiger partial charge in [0.2, 0.25) is 0 Å². The number of hydrogen-bond acceptors (Lipinski definition) is 3. The molecule has 3 aliphatic heterocycles. The van der Waals surface area contributed by atoms with E-state index in [1.54, 1.807) is 0 Å². The third kappa shape index (κ3) is 1.86. The quantitative estimate of drug-likeness (QED) is 0.721. The highest BCUT2D eigenvalue weighted by atomic mass is 19.4. The monoisotopic (exact) mass is 226 g/mol. The van der Waals surface area contributed by atoms with Crippen molar-refractivity contribution >= 4 is 0 Å². The molecule has 6 heteroatoms. The van der Waals surface area contributed by atoms with E-state index >= 15 is 0 Å². The molecule has 3 heterocycles. The van der Waals surface area contributed by atoms with E-state index in [4.69, 9.17) is 14.2 Å². The molecular formula is C9H13F3O3. The van der Waals surface area contributed by atoms with Crippen LogP contribution in [0.3, 0.4) is 0 Å². The van der Waals surface area contributed by atoms with Crippen LogP contribution in [-0.2, 0) is 14.2 Å². The predicted octanol–water partition coefficient (Wildman–Crippen LogP) is 2.06. The zero-order valence-electron chi connectivity index (χ0n) is 8.34. The first kappa shape index (κ1) is 11.2. The van der Waals surface area contributed by atoms with Crippen molar-refractivity contribution in [2.75, 3.05) is 13.2 Å². The maximum absolute atomic E-state index is 12.7. The molecule has 3 nitrogen and oxygen atoms in total. The second-order valence-corrected chi connectivity index (χ2v) is 4.08. The lowest BCUT2D eigenvalue weighted by molar-refractivity contribution is -0.455. The molecule has 0 N–H and O–H groups in total. The van der Waals surface area contributed by atoms with Gasteiger partial charge in [-0.15, -0.1) is 0 Å². The number of ether oxygens (including phenoxy) is 3. The molecule has 1 unspecified atom stereocenters. The Bertz CT molecular complexity index is 228. The Labute approximate surface area is 85.5 Å². The molecular weight excluding hydrogens is 213 g/mol. The Morgan fingerprint density at radius 1 is 1.27 bits per heavy atom. The molecule has 1 atom stereocenters. The Kier molecular flexibility index (Phi) is 2.68. The van der Waals surface area contributed by atoms with Crippen molar-refractivity contribution in [1.82, 2.24) is 0 Å². The smallest absolute Gasteiger partial charge is 0.329 e. The van der Waals surface area contributed by atoms with Crippen molar-refractivity contribution in [1.29, 1.82) is 0 Å². The summed E-state index contributed by atoms with van der Waals surface area (Å²) in [5.41, 5.74) is -1.05. The summed E-state index contributed by atoms with van der Waals surface area (Å²) >= 11 is 0. The maximum Gasteiger partial charge on any atom is 0.415 e. The van der Waals surface area contributed by atoms with E-state index in [2.05, 4.69) is 0 Å². The highest BCUT2D eigenvalue weighted by Crippen LogP contribution is 2.47. The molecule has 0 spiro atoms. The van der Waals surface area contributed by atoms with Crippen LogP contribution in [0.4, 0.5) is 13.2 Å². The highest BCUT2D eigenvalue weighted by Gasteiger charge is 2.61. The molecule has 0 aromatic heterocycles. The molecule has 0 amide bonds. The summed E-state index contributed by atoms with van der Waals surface area (Å²) < 4.78 is 53.0. The standard InChI is InChI=1S/C9H13F3O3/c1-2-3-8-4-13-7(14-5-8)15-6(8)9(10,11)12/h6-7H,2-5H2,1H3. The minimum absolute atomic E-state index is 0.0652. The normalized spacial score (nSPS) is 40.8. The summed E-state index contributed by atoms with van der Waals surface area (Å²) in [5.74, 6) is 0. The first-order chi connectivity index (χ1) is 6.98. The van der Waals surface area contributed by atoms with Crippen LogP contribution in [0.5, 0.6) is 0 Å². The molecule has 15 heavy (non-hydrogen) atoms. The predicted molar refractivity (Wildman–Crippen MR) is 44.0 cm³/mol. The van der Waals surface area contributed by atoms with Crippen molar-refractivity contribution in [2.24, 2.45) is 5.41 Å².